The molecule has 2 aromatic carbocycles. The smallest absolute Gasteiger partial charge is 0.475 e. The lowest BCUT2D eigenvalue weighted by Crippen LogP contribution is -2.21. The maximum absolute atomic E-state index is 10.6. The minimum absolute atomic E-state index is 0.272. The molecule has 172 valence electrons. The Morgan fingerprint density at radius 3 is 2.27 bits per heavy atom. The van der Waals surface area contributed by atoms with Gasteiger partial charge >= 0.3 is 12.1 Å². The summed E-state index contributed by atoms with van der Waals surface area (Å²) in [6.07, 6.45) is 0.513. The largest absolute Gasteiger partial charge is 0.490 e. The quantitative estimate of drug-likeness (QED) is 0.436. The van der Waals surface area contributed by atoms with Gasteiger partial charge in [-0.25, -0.2) is 4.79 Å². The zero-order valence-corrected chi connectivity index (χ0v) is 18.0. The molecule has 0 spiro atoms. The molecular formula is C24H23F3N4O2. The molecule has 4 aromatic rings. The minimum atomic E-state index is -5.08. The second-order valence-corrected chi connectivity index (χ2v) is 7.38. The van der Waals surface area contributed by atoms with Crippen molar-refractivity contribution in [1.29, 1.82) is 0 Å². The van der Waals surface area contributed by atoms with E-state index >= 15 is 0 Å². The van der Waals surface area contributed by atoms with Crippen molar-refractivity contribution in [2.75, 3.05) is 0 Å². The lowest BCUT2D eigenvalue weighted by atomic mass is 10.0. The molecule has 0 aliphatic rings. The SMILES string of the molecule is CC(NCc1cccc2c1cnn2C)c1ccc(-c2ccncc2)cc1.O=C(O)C(F)(F)F. The molecule has 0 radical (unpaired) electrons. The van der Waals surface area contributed by atoms with Crippen LogP contribution in [0.2, 0.25) is 0 Å². The maximum atomic E-state index is 10.6. The van der Waals surface area contributed by atoms with Gasteiger partial charge in [-0.3, -0.25) is 9.67 Å². The molecule has 6 nitrogen and oxygen atoms in total. The van der Waals surface area contributed by atoms with Crippen molar-refractivity contribution >= 4 is 16.9 Å². The zero-order chi connectivity index (χ0) is 24.0. The lowest BCUT2D eigenvalue weighted by molar-refractivity contribution is -0.192. The van der Waals surface area contributed by atoms with Crippen LogP contribution in [-0.2, 0) is 18.4 Å². The van der Waals surface area contributed by atoms with E-state index in [1.807, 2.05) is 42.5 Å². The van der Waals surface area contributed by atoms with E-state index in [0.29, 0.717) is 0 Å². The number of rotatable bonds is 5. The van der Waals surface area contributed by atoms with Crippen molar-refractivity contribution in [3.63, 3.8) is 0 Å². The van der Waals surface area contributed by atoms with Crippen LogP contribution in [0.5, 0.6) is 0 Å². The third-order valence-corrected chi connectivity index (χ3v) is 5.15. The Balaban J connectivity index is 0.000000383. The average Bonchev–Trinajstić information content (AvgIpc) is 3.19. The number of halogens is 3. The normalized spacial score (nSPS) is 12.2. The number of carboxylic acids is 1. The molecule has 0 bridgehead atoms. The fourth-order valence-corrected chi connectivity index (χ4v) is 3.28. The van der Waals surface area contributed by atoms with Gasteiger partial charge in [0.15, 0.2) is 0 Å². The topological polar surface area (TPSA) is 80.0 Å². The van der Waals surface area contributed by atoms with Crippen LogP contribution in [0.25, 0.3) is 22.0 Å². The number of aliphatic carboxylic acids is 1. The number of nitrogens with zero attached hydrogens (tertiary/aromatic N) is 3. The summed E-state index contributed by atoms with van der Waals surface area (Å²) in [5.74, 6) is -2.76. The van der Waals surface area contributed by atoms with Gasteiger partial charge in [-0.2, -0.15) is 18.3 Å². The van der Waals surface area contributed by atoms with Crippen molar-refractivity contribution in [1.82, 2.24) is 20.1 Å². The number of aryl methyl sites for hydroxylation is 1. The molecule has 2 N–H and O–H groups in total. The average molecular weight is 456 g/mol. The monoisotopic (exact) mass is 456 g/mol. The number of nitrogens with one attached hydrogen (secondary N) is 1. The van der Waals surface area contributed by atoms with Crippen LogP contribution in [0, 0.1) is 0 Å². The number of carbonyl (C=O) groups is 1. The Morgan fingerprint density at radius 1 is 1.06 bits per heavy atom. The summed E-state index contributed by atoms with van der Waals surface area (Å²) >= 11 is 0. The van der Waals surface area contributed by atoms with E-state index in [-0.39, 0.29) is 6.04 Å². The molecule has 0 saturated carbocycles. The van der Waals surface area contributed by atoms with E-state index in [2.05, 4.69) is 64.8 Å². The van der Waals surface area contributed by atoms with Crippen molar-refractivity contribution in [2.24, 2.45) is 7.05 Å². The predicted octanol–water partition coefficient (Wildman–Crippen LogP) is 5.12. The second-order valence-electron chi connectivity index (χ2n) is 7.38. The lowest BCUT2D eigenvalue weighted by Gasteiger charge is -2.15. The summed E-state index contributed by atoms with van der Waals surface area (Å²) in [7, 11) is 1.98. The van der Waals surface area contributed by atoms with Gasteiger partial charge in [-0.15, -0.1) is 0 Å². The fourth-order valence-electron chi connectivity index (χ4n) is 3.28. The number of benzene rings is 2. The van der Waals surface area contributed by atoms with E-state index in [9.17, 15) is 13.2 Å². The first kappa shape index (κ1) is 23.9. The van der Waals surface area contributed by atoms with E-state index < -0.39 is 12.1 Å². The van der Waals surface area contributed by atoms with Crippen molar-refractivity contribution in [2.45, 2.75) is 25.7 Å². The number of pyridine rings is 1. The zero-order valence-electron chi connectivity index (χ0n) is 18.0. The van der Waals surface area contributed by atoms with E-state index in [0.717, 1.165) is 6.54 Å². The first-order valence-electron chi connectivity index (χ1n) is 10.1. The molecule has 0 saturated heterocycles. The van der Waals surface area contributed by atoms with Crippen molar-refractivity contribution in [3.8, 4) is 11.1 Å². The summed E-state index contributed by atoms with van der Waals surface area (Å²) in [6.45, 7) is 3.02. The Bertz CT molecular complexity index is 1210. The molecule has 4 rings (SSSR count). The first-order valence-corrected chi connectivity index (χ1v) is 10.1. The van der Waals surface area contributed by atoms with E-state index in [1.165, 1.54) is 33.2 Å². The molecule has 0 aliphatic carbocycles. The van der Waals surface area contributed by atoms with Crippen molar-refractivity contribution < 1.29 is 23.1 Å². The fraction of sp³-hybridized carbons (Fsp3) is 0.208. The van der Waals surface area contributed by atoms with Crippen LogP contribution >= 0.6 is 0 Å². The van der Waals surface area contributed by atoms with E-state index in [1.54, 1.807) is 0 Å². The highest BCUT2D eigenvalue weighted by Crippen LogP contribution is 2.23. The maximum Gasteiger partial charge on any atom is 0.490 e. The van der Waals surface area contributed by atoms with Crippen LogP contribution in [-0.4, -0.2) is 32.0 Å². The highest BCUT2D eigenvalue weighted by molar-refractivity contribution is 5.82. The van der Waals surface area contributed by atoms with Gasteiger partial charge in [-0.05, 0) is 47.4 Å². The molecule has 0 fully saturated rings. The number of fused-ring (bicyclic) bond motifs is 1. The Morgan fingerprint density at radius 2 is 1.67 bits per heavy atom. The molecule has 2 aromatic heterocycles. The van der Waals surface area contributed by atoms with Gasteiger partial charge in [0.1, 0.15) is 0 Å². The molecule has 33 heavy (non-hydrogen) atoms. The van der Waals surface area contributed by atoms with Gasteiger partial charge < -0.3 is 10.4 Å². The van der Waals surface area contributed by atoms with Crippen LogP contribution in [0.15, 0.2) is 73.2 Å². The van der Waals surface area contributed by atoms with Gasteiger partial charge in [0.2, 0.25) is 0 Å². The number of aromatic nitrogens is 3. The standard InChI is InChI=1S/C22H22N4.C2HF3O2/c1-16(17-6-8-18(9-7-17)19-10-12-23-13-11-19)24-14-20-4-3-5-22-21(20)15-25-26(22)2;3-2(4,5)1(6)7/h3-13,15-16,24H,14H2,1-2H3;(H,6,7). The minimum Gasteiger partial charge on any atom is -0.475 e. The highest BCUT2D eigenvalue weighted by atomic mass is 19.4. The number of hydrogen-bond donors (Lipinski definition) is 2. The molecule has 1 atom stereocenters. The molecule has 2 heterocycles. The third-order valence-electron chi connectivity index (χ3n) is 5.15. The predicted molar refractivity (Wildman–Crippen MR) is 119 cm³/mol. The molecule has 1 unspecified atom stereocenters. The van der Waals surface area contributed by atoms with Gasteiger partial charge in [0.05, 0.1) is 11.7 Å². The van der Waals surface area contributed by atoms with Crippen LogP contribution in [0.3, 0.4) is 0 Å². The third kappa shape index (κ3) is 6.17. The Labute approximate surface area is 188 Å². The Hall–Kier alpha value is -3.72. The van der Waals surface area contributed by atoms with Gasteiger partial charge in [0.25, 0.3) is 0 Å². The summed E-state index contributed by atoms with van der Waals surface area (Å²) in [6, 6.07) is 19.4. The molecular weight excluding hydrogens is 433 g/mol. The van der Waals surface area contributed by atoms with Crippen LogP contribution < -0.4 is 5.32 Å². The first-order chi connectivity index (χ1) is 15.7. The molecule has 9 heteroatoms. The van der Waals surface area contributed by atoms with Gasteiger partial charge in [0, 0.05) is 37.4 Å². The molecule has 0 amide bonds. The summed E-state index contributed by atoms with van der Waals surface area (Å²) in [5, 5.41) is 16.3. The van der Waals surface area contributed by atoms with Crippen molar-refractivity contribution in [3.05, 3.63) is 84.3 Å². The summed E-state index contributed by atoms with van der Waals surface area (Å²) < 4.78 is 33.7. The van der Waals surface area contributed by atoms with E-state index in [4.69, 9.17) is 9.90 Å². The van der Waals surface area contributed by atoms with Crippen LogP contribution in [0.4, 0.5) is 13.2 Å². The highest BCUT2D eigenvalue weighted by Gasteiger charge is 2.38. The Kier molecular flexibility index (Phi) is 7.44. The summed E-state index contributed by atoms with van der Waals surface area (Å²) in [5.41, 5.74) is 6.12. The second kappa shape index (κ2) is 10.3. The number of hydrogen-bond acceptors (Lipinski definition) is 4. The summed E-state index contributed by atoms with van der Waals surface area (Å²) in [4.78, 5) is 13.0. The molecule has 0 aliphatic heterocycles. The van der Waals surface area contributed by atoms with Gasteiger partial charge in [-0.1, -0.05) is 36.4 Å². The number of carboxylic acid groups (broad SMARTS) is 1. The van der Waals surface area contributed by atoms with Crippen LogP contribution in [0.1, 0.15) is 24.1 Å². The number of alkyl halides is 3.